The monoisotopic (exact) mass is 542 g/mol. The van der Waals surface area contributed by atoms with Gasteiger partial charge in [0.05, 0.1) is 19.1 Å². The third-order valence-corrected chi connectivity index (χ3v) is 7.08. The highest BCUT2D eigenvalue weighted by Gasteiger charge is 2.39. The molecule has 2 fully saturated rings. The van der Waals surface area contributed by atoms with Crippen molar-refractivity contribution in [2.75, 3.05) is 40.3 Å². The Morgan fingerprint density at radius 3 is 2.36 bits per heavy atom. The highest BCUT2D eigenvalue weighted by molar-refractivity contribution is 5.95. The summed E-state index contributed by atoms with van der Waals surface area (Å²) in [5.41, 5.74) is 0.955. The maximum Gasteiger partial charge on any atom is 0.245 e. The second kappa shape index (κ2) is 13.5. The van der Waals surface area contributed by atoms with E-state index in [1.54, 1.807) is 25.9 Å². The van der Waals surface area contributed by atoms with E-state index < -0.39 is 30.1 Å². The van der Waals surface area contributed by atoms with E-state index >= 15 is 0 Å². The van der Waals surface area contributed by atoms with Gasteiger partial charge in [0, 0.05) is 13.1 Å². The number of nitrogens with zero attached hydrogens (tertiary/aromatic N) is 3. The van der Waals surface area contributed by atoms with Crippen LogP contribution in [0.1, 0.15) is 39.2 Å². The van der Waals surface area contributed by atoms with Gasteiger partial charge in [0.25, 0.3) is 0 Å². The Kier molecular flexibility index (Phi) is 10.4. The molecule has 2 heterocycles. The molecule has 0 unspecified atom stereocenters. The summed E-state index contributed by atoms with van der Waals surface area (Å²) in [4.78, 5) is 70.9. The van der Waals surface area contributed by atoms with Gasteiger partial charge in [-0.2, -0.15) is 0 Å². The number of likely N-dealkylation sites (N-methyl/N-ethyl adjacent to an activating group) is 1. The second-order valence-electron chi connectivity index (χ2n) is 11.1. The Morgan fingerprint density at radius 1 is 1.03 bits per heavy atom. The van der Waals surface area contributed by atoms with Gasteiger partial charge in [-0.15, -0.1) is 0 Å². The van der Waals surface area contributed by atoms with Crippen molar-refractivity contribution >= 4 is 29.5 Å². The Bertz CT molecular complexity index is 1050. The van der Waals surface area contributed by atoms with Crippen molar-refractivity contribution in [2.24, 2.45) is 5.92 Å². The maximum absolute atomic E-state index is 13.6. The number of rotatable bonds is 5. The zero-order valence-corrected chi connectivity index (χ0v) is 23.6. The Balaban J connectivity index is 1.98. The first-order valence-corrected chi connectivity index (χ1v) is 13.6. The summed E-state index contributed by atoms with van der Waals surface area (Å²) >= 11 is 0. The van der Waals surface area contributed by atoms with Crippen molar-refractivity contribution in [3.8, 4) is 0 Å². The standard InChI is InChI=1S/C28H42N6O5/c1-18(2)25-27(38)30-21(14-20-10-7-6-8-11-20)15-33(24(36)17-32(4)5)16-23(35)29-19(3)28(39)34-13-9-12-22(34)26(37)31-25/h6-8,10-11,18-19,21-22,25H,9,12-17H2,1-5H3,(H,29,35)(H,30,38)(H,31,37)/t19-,21-,22+,25-/m0/s1. The third-order valence-electron chi connectivity index (χ3n) is 7.08. The Labute approximate surface area is 230 Å². The Morgan fingerprint density at radius 2 is 1.72 bits per heavy atom. The quantitative estimate of drug-likeness (QED) is 0.471. The highest BCUT2D eigenvalue weighted by atomic mass is 16.2. The van der Waals surface area contributed by atoms with Crippen LogP contribution in [0.15, 0.2) is 30.3 Å². The molecule has 1 aromatic rings. The molecule has 214 valence electrons. The van der Waals surface area contributed by atoms with Crippen LogP contribution in [-0.4, -0.2) is 109 Å². The molecule has 11 nitrogen and oxygen atoms in total. The molecule has 0 aliphatic carbocycles. The fourth-order valence-electron chi connectivity index (χ4n) is 5.10. The van der Waals surface area contributed by atoms with Crippen LogP contribution >= 0.6 is 0 Å². The van der Waals surface area contributed by atoms with E-state index in [0.717, 1.165) is 5.56 Å². The van der Waals surface area contributed by atoms with Gasteiger partial charge in [0.2, 0.25) is 29.5 Å². The molecule has 1 aromatic carbocycles. The van der Waals surface area contributed by atoms with Crippen molar-refractivity contribution in [3.63, 3.8) is 0 Å². The summed E-state index contributed by atoms with van der Waals surface area (Å²) < 4.78 is 0. The van der Waals surface area contributed by atoms with Crippen LogP contribution in [-0.2, 0) is 30.4 Å². The number of hydrogen-bond acceptors (Lipinski definition) is 6. The molecule has 39 heavy (non-hydrogen) atoms. The molecule has 5 amide bonds. The summed E-state index contributed by atoms with van der Waals surface area (Å²) in [6, 6.07) is 6.62. The van der Waals surface area contributed by atoms with E-state index in [-0.39, 0.29) is 49.2 Å². The van der Waals surface area contributed by atoms with Gasteiger partial charge in [0.1, 0.15) is 18.1 Å². The van der Waals surface area contributed by atoms with Crippen LogP contribution in [0.4, 0.5) is 0 Å². The van der Waals surface area contributed by atoms with E-state index in [4.69, 9.17) is 0 Å². The first-order chi connectivity index (χ1) is 18.5. The Hall–Kier alpha value is -3.47. The number of nitrogens with one attached hydrogen (secondary N) is 3. The predicted octanol–water partition coefficient (Wildman–Crippen LogP) is -0.246. The minimum atomic E-state index is -0.873. The molecule has 3 N–H and O–H groups in total. The minimum Gasteiger partial charge on any atom is -0.349 e. The number of fused-ring (bicyclic) bond motifs is 1. The van der Waals surface area contributed by atoms with Gasteiger partial charge >= 0.3 is 0 Å². The maximum atomic E-state index is 13.6. The van der Waals surface area contributed by atoms with Crippen LogP contribution in [0.5, 0.6) is 0 Å². The molecule has 0 bridgehead atoms. The van der Waals surface area contributed by atoms with Gasteiger partial charge in [-0.05, 0) is 51.8 Å². The van der Waals surface area contributed by atoms with E-state index in [1.807, 2.05) is 44.2 Å². The molecule has 4 atom stereocenters. The van der Waals surface area contributed by atoms with Crippen molar-refractivity contribution in [1.29, 1.82) is 0 Å². The van der Waals surface area contributed by atoms with E-state index in [2.05, 4.69) is 16.0 Å². The fourth-order valence-corrected chi connectivity index (χ4v) is 5.10. The predicted molar refractivity (Wildman–Crippen MR) is 146 cm³/mol. The average Bonchev–Trinajstić information content (AvgIpc) is 3.35. The first kappa shape index (κ1) is 30.1. The van der Waals surface area contributed by atoms with Crippen LogP contribution in [0.25, 0.3) is 0 Å². The highest BCUT2D eigenvalue weighted by Crippen LogP contribution is 2.20. The van der Waals surface area contributed by atoms with Crippen molar-refractivity contribution in [2.45, 2.75) is 64.2 Å². The number of carbonyl (C=O) groups excluding carboxylic acids is 5. The second-order valence-corrected chi connectivity index (χ2v) is 11.1. The zero-order valence-electron chi connectivity index (χ0n) is 23.6. The molecule has 11 heteroatoms. The van der Waals surface area contributed by atoms with Gasteiger partial charge in [-0.1, -0.05) is 44.2 Å². The lowest BCUT2D eigenvalue weighted by atomic mass is 10.0. The van der Waals surface area contributed by atoms with E-state index in [9.17, 15) is 24.0 Å². The fraction of sp³-hybridized carbons (Fsp3) is 0.607. The third kappa shape index (κ3) is 8.26. The number of benzene rings is 1. The van der Waals surface area contributed by atoms with Crippen molar-refractivity contribution in [1.82, 2.24) is 30.7 Å². The first-order valence-electron chi connectivity index (χ1n) is 13.6. The van der Waals surface area contributed by atoms with Crippen LogP contribution in [0, 0.1) is 5.92 Å². The van der Waals surface area contributed by atoms with E-state index in [1.165, 1.54) is 9.80 Å². The molecule has 2 saturated heterocycles. The summed E-state index contributed by atoms with van der Waals surface area (Å²) in [5.74, 6) is -2.11. The topological polar surface area (TPSA) is 131 Å². The van der Waals surface area contributed by atoms with Crippen LogP contribution in [0.3, 0.4) is 0 Å². The van der Waals surface area contributed by atoms with Crippen LogP contribution < -0.4 is 16.0 Å². The largest absolute Gasteiger partial charge is 0.349 e. The normalized spacial score (nSPS) is 25.5. The average molecular weight is 543 g/mol. The number of carbonyl (C=O) groups is 5. The lowest BCUT2D eigenvalue weighted by Crippen LogP contribution is -2.58. The number of amides is 5. The van der Waals surface area contributed by atoms with Gasteiger partial charge in [-0.3, -0.25) is 24.0 Å². The van der Waals surface area contributed by atoms with Crippen molar-refractivity contribution in [3.05, 3.63) is 35.9 Å². The summed E-state index contributed by atoms with van der Waals surface area (Å²) in [5, 5.41) is 8.63. The van der Waals surface area contributed by atoms with E-state index in [0.29, 0.717) is 25.8 Å². The zero-order chi connectivity index (χ0) is 28.7. The van der Waals surface area contributed by atoms with Gasteiger partial charge in [-0.25, -0.2) is 0 Å². The summed E-state index contributed by atoms with van der Waals surface area (Å²) in [6.45, 7) is 5.56. The molecule has 2 aliphatic rings. The molecule has 0 aromatic heterocycles. The number of hydrogen-bond donors (Lipinski definition) is 3. The molecule has 3 rings (SSSR count). The molecular formula is C28H42N6O5. The summed E-state index contributed by atoms with van der Waals surface area (Å²) in [6.07, 6.45) is 1.55. The molecule has 0 saturated carbocycles. The smallest absolute Gasteiger partial charge is 0.245 e. The van der Waals surface area contributed by atoms with Crippen LogP contribution in [0.2, 0.25) is 0 Å². The lowest BCUT2D eigenvalue weighted by molar-refractivity contribution is -0.142. The lowest BCUT2D eigenvalue weighted by Gasteiger charge is -2.31. The van der Waals surface area contributed by atoms with Gasteiger partial charge in [0.15, 0.2) is 0 Å². The van der Waals surface area contributed by atoms with Gasteiger partial charge < -0.3 is 30.7 Å². The summed E-state index contributed by atoms with van der Waals surface area (Å²) in [7, 11) is 3.52. The molecule has 2 aliphatic heterocycles. The SMILES string of the molecule is CC(C)[C@@H]1NC(=O)[C@H]2CCCN2C(=O)[C@H](C)NC(=O)CN(C(=O)CN(C)C)C[C@H](Cc2ccccc2)NC1=O. The molecule has 0 radical (unpaired) electrons. The molecule has 0 spiro atoms. The minimum absolute atomic E-state index is 0.0773. The van der Waals surface area contributed by atoms with Crippen molar-refractivity contribution < 1.29 is 24.0 Å². The molecular weight excluding hydrogens is 500 g/mol.